The number of esters is 3. The number of halogens is 1. The highest BCUT2D eigenvalue weighted by atomic mass is 79.9. The van der Waals surface area contributed by atoms with Crippen molar-refractivity contribution in [2.24, 2.45) is 29.4 Å². The second kappa shape index (κ2) is 33.8. The fourth-order valence-electron chi connectivity index (χ4n) is 9.33. The number of carbonyl (C=O) groups excluding carboxylic acids is 9. The van der Waals surface area contributed by atoms with E-state index in [2.05, 4.69) is 51.4 Å². The number of carbonyl (C=O) groups is 7. The third-order valence-corrected chi connectivity index (χ3v) is 19.0. The molecule has 0 saturated carbocycles. The van der Waals surface area contributed by atoms with Crippen molar-refractivity contribution < 1.29 is 76.3 Å². The first-order chi connectivity index (χ1) is 41.5. The van der Waals surface area contributed by atoms with Crippen molar-refractivity contribution in [2.75, 3.05) is 56.3 Å². The number of fused-ring (bicyclic) bond motifs is 4. The summed E-state index contributed by atoms with van der Waals surface area (Å²) >= 11 is 9.19. The summed E-state index contributed by atoms with van der Waals surface area (Å²) in [6.45, 7) is 9.74. The summed E-state index contributed by atoms with van der Waals surface area (Å²) in [6.07, 6.45) is 4.41. The van der Waals surface area contributed by atoms with Gasteiger partial charge in [0.05, 0.1) is 91.5 Å². The van der Waals surface area contributed by atoms with E-state index in [-0.39, 0.29) is 66.5 Å². The maximum absolute atomic E-state index is 12.8. The van der Waals surface area contributed by atoms with Crippen LogP contribution in [0.4, 0.5) is 0 Å². The third-order valence-electron chi connectivity index (χ3n) is 13.8. The second-order valence-electron chi connectivity index (χ2n) is 20.7. The van der Waals surface area contributed by atoms with E-state index >= 15 is 0 Å². The molecule has 3 atom stereocenters. The van der Waals surface area contributed by atoms with Crippen LogP contribution in [0.3, 0.4) is 0 Å². The topological polar surface area (TPSA) is 244 Å². The first-order valence-electron chi connectivity index (χ1n) is 27.6. The maximum atomic E-state index is 12.8. The average Bonchev–Trinajstić information content (AvgIpc) is 2.74. The van der Waals surface area contributed by atoms with E-state index in [0.717, 1.165) is 115 Å². The zero-order valence-electron chi connectivity index (χ0n) is 50.7. The number of ketones is 4. The Hall–Kier alpha value is -7.17. The minimum Gasteiger partial charge on any atom is -0.496 e. The van der Waals surface area contributed by atoms with Crippen molar-refractivity contribution in [1.29, 1.82) is 0 Å². The predicted octanol–water partition coefficient (Wildman–Crippen LogP) is 14.2. The van der Waals surface area contributed by atoms with Gasteiger partial charge in [-0.2, -0.15) is 9.59 Å². The lowest BCUT2D eigenvalue weighted by Crippen LogP contribution is -2.16. The molecule has 0 spiro atoms. The number of methoxy groups -OCH3 is 7. The molecule has 17 nitrogen and oxygen atoms in total. The van der Waals surface area contributed by atoms with E-state index in [1.807, 2.05) is 60.7 Å². The Morgan fingerprint density at radius 3 is 0.977 bits per heavy atom. The van der Waals surface area contributed by atoms with Crippen LogP contribution in [0.1, 0.15) is 122 Å². The predicted molar refractivity (Wildman–Crippen MR) is 345 cm³/mol. The molecule has 0 radical (unpaired) electrons. The molecule has 0 unspecified atom stereocenters. The molecule has 0 saturated heterocycles. The Morgan fingerprint density at radius 2 is 0.701 bits per heavy atom. The summed E-state index contributed by atoms with van der Waals surface area (Å²) in [6, 6.07) is 23.7. The minimum atomic E-state index is -0.481. The molecule has 4 heterocycles. The van der Waals surface area contributed by atoms with Gasteiger partial charge in [0.15, 0.2) is 23.1 Å². The lowest BCUT2D eigenvalue weighted by molar-refractivity contribution is -0.191. The van der Waals surface area contributed by atoms with Gasteiger partial charge in [-0.25, -0.2) is 0 Å². The van der Waals surface area contributed by atoms with Gasteiger partial charge >= 0.3 is 24.1 Å². The molecule has 464 valence electrons. The fraction of sp³-hybridized carbons (Fsp3) is 0.385. The highest BCUT2D eigenvalue weighted by molar-refractivity contribution is 9.10. The fourth-order valence-corrected chi connectivity index (χ4v) is 13.9. The van der Waals surface area contributed by atoms with Crippen molar-refractivity contribution in [3.05, 3.63) is 113 Å². The monoisotopic (exact) mass is 1330 g/mol. The zero-order chi connectivity index (χ0) is 64.2. The molecule has 0 aliphatic rings. The Bertz CT molecular complexity index is 3790. The van der Waals surface area contributed by atoms with E-state index in [0.29, 0.717) is 33.5 Å². The number of hydrogen-bond acceptors (Lipinski definition) is 21. The average molecular weight is 1330 g/mol. The summed E-state index contributed by atoms with van der Waals surface area (Å²) in [5.74, 6) is 1.01. The van der Waals surface area contributed by atoms with E-state index in [9.17, 15) is 33.6 Å². The van der Waals surface area contributed by atoms with Crippen LogP contribution in [0.15, 0.2) is 77.3 Å². The molecule has 4 aromatic carbocycles. The van der Waals surface area contributed by atoms with Crippen LogP contribution in [0.2, 0.25) is 0 Å². The quantitative estimate of drug-likeness (QED) is 0.0317. The Balaban J connectivity index is 0.000000250. The van der Waals surface area contributed by atoms with Crippen LogP contribution in [0.5, 0.6) is 23.0 Å². The van der Waals surface area contributed by atoms with Gasteiger partial charge in [0.2, 0.25) is 0 Å². The largest absolute Gasteiger partial charge is 0.496 e. The van der Waals surface area contributed by atoms with Crippen LogP contribution in [-0.4, -0.2) is 104 Å². The van der Waals surface area contributed by atoms with Gasteiger partial charge < -0.3 is 38.9 Å². The van der Waals surface area contributed by atoms with Crippen LogP contribution in [0.25, 0.3) is 40.3 Å². The molecule has 8 rings (SSSR count). The molecule has 0 aliphatic heterocycles. The van der Waals surface area contributed by atoms with Gasteiger partial charge in [-0.15, -0.1) is 45.3 Å². The molecular formula is C65H72BrNO16S4. The molecule has 4 aromatic heterocycles. The third kappa shape index (κ3) is 19.2. The molecule has 22 heteroatoms. The number of benzene rings is 4. The van der Waals surface area contributed by atoms with Gasteiger partial charge in [-0.1, -0.05) is 34.6 Å². The van der Waals surface area contributed by atoms with Gasteiger partial charge in [-0.05, 0) is 165 Å². The first-order valence-corrected chi connectivity index (χ1v) is 31.7. The smallest absolute Gasteiger partial charge is 0.373 e. The summed E-state index contributed by atoms with van der Waals surface area (Å²) in [5.41, 5.74) is 8.84. The number of nitrogens with two attached hydrogens (primary N) is 1. The molecule has 0 bridgehead atoms. The van der Waals surface area contributed by atoms with Crippen molar-refractivity contribution in [2.45, 2.75) is 86.0 Å². The summed E-state index contributed by atoms with van der Waals surface area (Å²) in [5, 5.41) is 4.03. The SMILES string of the molecule is COC(=O)[C@@H](C)CC(=O)c1cc2cc(Br)c(OC)cc2s1.COC(=O)[C@@H](C)CC(=O)c1cc2cc(CCCc3cc4cc(C(=O)CC(C)C)sc4cc3OC)c(OC)cc2s1.COC(=O)[C@@H](C)CC(=O)c1cc2cc(CCN)c(OC)cc2s1.O=C=O. The molecular weight excluding hydrogens is 1260 g/mol. The van der Waals surface area contributed by atoms with Crippen molar-refractivity contribution in [3.63, 3.8) is 0 Å². The second-order valence-corrected chi connectivity index (χ2v) is 25.9. The van der Waals surface area contributed by atoms with Crippen molar-refractivity contribution >= 4 is 149 Å². The van der Waals surface area contributed by atoms with Gasteiger partial charge in [0, 0.05) is 44.5 Å². The van der Waals surface area contributed by atoms with Gasteiger partial charge in [0.25, 0.3) is 0 Å². The van der Waals surface area contributed by atoms with Gasteiger partial charge in [-0.3, -0.25) is 33.6 Å². The van der Waals surface area contributed by atoms with Crippen LogP contribution in [-0.2, 0) is 57.4 Å². The van der Waals surface area contributed by atoms with Crippen LogP contribution in [0, 0.1) is 23.7 Å². The number of aryl methyl sites for hydroxylation is 2. The molecule has 2 N–H and O–H groups in total. The lowest BCUT2D eigenvalue weighted by atomic mass is 10.00. The normalized spacial score (nSPS) is 11.9. The van der Waals surface area contributed by atoms with Crippen LogP contribution >= 0.6 is 61.3 Å². The summed E-state index contributed by atoms with van der Waals surface area (Å²) in [4.78, 5) is 104. The number of Topliss-reactive ketones (excluding diaryl/α,β-unsaturated/α-hetero) is 4. The maximum Gasteiger partial charge on any atom is 0.373 e. The lowest BCUT2D eigenvalue weighted by Gasteiger charge is -2.11. The van der Waals surface area contributed by atoms with Crippen LogP contribution < -0.4 is 24.7 Å². The molecule has 0 fully saturated rings. The highest BCUT2D eigenvalue weighted by Crippen LogP contribution is 2.39. The Labute approximate surface area is 529 Å². The standard InChI is InChI=1S/C32H36O6S2.C17H21NO4S.C15H15BrO4S.CO2/c1-18(2)10-24(33)30-14-22-12-20(26(36-4)16-28(22)39-30)8-7-9-21-13-23-15-31(40-29(23)17-27(21)37-5)25(34)11-19(3)32(35)38-6;1-10(17(20)22-3)6-13(19)16-8-12-7-11(4-5-18)14(21-2)9-15(12)23-16;1-8(15(18)20-3)4-11(17)14-6-9-5-10(16)12(19-2)7-13(9)21-14;2-1-3/h12-19H,7-11H2,1-6H3;7-10H,4-6,18H2,1-3H3;5-8H,4H2,1-3H3;/t19-;10-;8-;/m000./s1. The molecule has 0 amide bonds. The molecule has 0 aliphatic carbocycles. The van der Waals surface area contributed by atoms with Gasteiger partial charge in [0.1, 0.15) is 23.0 Å². The Kier molecular flexibility index (Phi) is 27.4. The zero-order valence-corrected chi connectivity index (χ0v) is 55.6. The highest BCUT2D eigenvalue weighted by Gasteiger charge is 2.24. The van der Waals surface area contributed by atoms with E-state index in [1.165, 1.54) is 66.7 Å². The summed E-state index contributed by atoms with van der Waals surface area (Å²) in [7, 11) is 10.6. The number of rotatable bonds is 25. The number of thiophene rings is 4. The number of hydrogen-bond donors (Lipinski definition) is 1. The molecule has 87 heavy (non-hydrogen) atoms. The number of ether oxygens (including phenoxy) is 7. The van der Waals surface area contributed by atoms with E-state index in [1.54, 1.807) is 49.2 Å². The first kappa shape index (κ1) is 70.6. The summed E-state index contributed by atoms with van der Waals surface area (Å²) < 4.78 is 40.9. The van der Waals surface area contributed by atoms with Crippen molar-refractivity contribution in [1.82, 2.24) is 0 Å². The molecule has 8 aromatic rings. The van der Waals surface area contributed by atoms with Crippen molar-refractivity contribution in [3.8, 4) is 23.0 Å². The Morgan fingerprint density at radius 1 is 0.425 bits per heavy atom. The van der Waals surface area contributed by atoms with E-state index in [4.69, 9.17) is 39.0 Å². The van der Waals surface area contributed by atoms with E-state index < -0.39 is 17.8 Å². The minimum absolute atomic E-state index is 0.0517.